The van der Waals surface area contributed by atoms with E-state index in [0.29, 0.717) is 0 Å². The molecule has 2 fully saturated rings. The molecular formula is C13H28. The summed E-state index contributed by atoms with van der Waals surface area (Å²) in [5, 5.41) is 0. The first-order valence-corrected chi connectivity index (χ1v) is 6.34. The monoisotopic (exact) mass is 184 g/mol. The molecule has 0 amide bonds. The van der Waals surface area contributed by atoms with Gasteiger partial charge in [-0.2, -0.15) is 0 Å². The molecule has 0 spiro atoms. The van der Waals surface area contributed by atoms with E-state index < -0.39 is 0 Å². The third-order valence-corrected chi connectivity index (χ3v) is 3.05. The van der Waals surface area contributed by atoms with Crippen LogP contribution < -0.4 is 0 Å². The highest BCUT2D eigenvalue weighted by atomic mass is 14.3. The van der Waals surface area contributed by atoms with Gasteiger partial charge < -0.3 is 0 Å². The van der Waals surface area contributed by atoms with Crippen molar-refractivity contribution in [3.05, 3.63) is 0 Å². The summed E-state index contributed by atoms with van der Waals surface area (Å²) in [6, 6.07) is 0. The van der Waals surface area contributed by atoms with Crippen molar-refractivity contribution in [2.75, 3.05) is 0 Å². The Balaban J connectivity index is 0.000000189. The fraction of sp³-hybridized carbons (Fsp3) is 1.00. The predicted molar refractivity (Wildman–Crippen MR) is 62.0 cm³/mol. The van der Waals surface area contributed by atoms with Crippen molar-refractivity contribution in [3.63, 3.8) is 0 Å². The lowest BCUT2D eigenvalue weighted by atomic mass is 10.3. The predicted octanol–water partition coefficient (Wildman–Crippen LogP) is 5.03. The Morgan fingerprint density at radius 2 is 1.23 bits per heavy atom. The van der Waals surface area contributed by atoms with Crippen molar-refractivity contribution in [2.45, 2.75) is 72.6 Å². The summed E-state index contributed by atoms with van der Waals surface area (Å²) >= 11 is 0. The minimum atomic E-state index is 1.06. The van der Waals surface area contributed by atoms with E-state index in [1.807, 2.05) is 13.8 Å². The van der Waals surface area contributed by atoms with Crippen LogP contribution in [0.15, 0.2) is 0 Å². The maximum atomic E-state index is 2.33. The molecule has 2 rings (SSSR count). The molecule has 0 heterocycles. The molecule has 0 aromatic rings. The van der Waals surface area contributed by atoms with Gasteiger partial charge >= 0.3 is 0 Å². The van der Waals surface area contributed by atoms with Gasteiger partial charge in [-0.25, -0.2) is 0 Å². The average molecular weight is 184 g/mol. The van der Waals surface area contributed by atoms with E-state index in [0.717, 1.165) is 11.8 Å². The molecule has 0 aromatic heterocycles. The third kappa shape index (κ3) is 7.10. The molecule has 0 nitrogen and oxygen atoms in total. The van der Waals surface area contributed by atoms with Crippen LogP contribution in [0.3, 0.4) is 0 Å². The van der Waals surface area contributed by atoms with E-state index >= 15 is 0 Å². The van der Waals surface area contributed by atoms with E-state index in [9.17, 15) is 0 Å². The van der Waals surface area contributed by atoms with Crippen molar-refractivity contribution in [1.82, 2.24) is 0 Å². The molecule has 13 heavy (non-hydrogen) atoms. The Morgan fingerprint density at radius 1 is 0.923 bits per heavy atom. The lowest BCUT2D eigenvalue weighted by Gasteiger charge is -1.79. The number of hydrogen-bond acceptors (Lipinski definition) is 0. The van der Waals surface area contributed by atoms with Crippen molar-refractivity contribution >= 4 is 0 Å². The van der Waals surface area contributed by atoms with Crippen LogP contribution in [-0.4, -0.2) is 0 Å². The summed E-state index contributed by atoms with van der Waals surface area (Å²) < 4.78 is 0. The average Bonchev–Trinajstić information content (AvgIpc) is 2.71. The van der Waals surface area contributed by atoms with Crippen LogP contribution in [0.5, 0.6) is 0 Å². The van der Waals surface area contributed by atoms with Gasteiger partial charge in [0.15, 0.2) is 0 Å². The van der Waals surface area contributed by atoms with Crippen LogP contribution in [0, 0.1) is 11.8 Å². The fourth-order valence-corrected chi connectivity index (χ4v) is 1.85. The van der Waals surface area contributed by atoms with Crippen molar-refractivity contribution < 1.29 is 0 Å². The molecule has 0 saturated heterocycles. The normalized spacial score (nSPS) is 29.5. The standard InChI is InChI=1S/C6H12.C5H10.C2H6/c1-3-6-4-5(6)2;1-2-4-5-3-1;1-2/h5-6H,3-4H2,1-2H3;1-5H2;1-2H3. The Hall–Kier alpha value is 0. The summed E-state index contributed by atoms with van der Waals surface area (Å²) in [5.41, 5.74) is 0. The zero-order chi connectivity index (χ0) is 10.1. The first-order valence-electron chi connectivity index (χ1n) is 6.34. The van der Waals surface area contributed by atoms with Gasteiger partial charge in [-0.3, -0.25) is 0 Å². The van der Waals surface area contributed by atoms with Crippen molar-refractivity contribution in [1.29, 1.82) is 0 Å². The molecule has 2 aliphatic carbocycles. The molecular weight excluding hydrogens is 156 g/mol. The lowest BCUT2D eigenvalue weighted by molar-refractivity contribution is 0.724. The fourth-order valence-electron chi connectivity index (χ4n) is 1.85. The zero-order valence-electron chi connectivity index (χ0n) is 10.1. The quantitative estimate of drug-likeness (QED) is 0.536. The zero-order valence-corrected chi connectivity index (χ0v) is 10.1. The van der Waals surface area contributed by atoms with Gasteiger partial charge in [-0.1, -0.05) is 66.2 Å². The first-order chi connectivity index (χ1) is 6.34. The topological polar surface area (TPSA) is 0 Å². The molecule has 0 bridgehead atoms. The van der Waals surface area contributed by atoms with E-state index in [-0.39, 0.29) is 0 Å². The summed E-state index contributed by atoms with van der Waals surface area (Å²) in [4.78, 5) is 0. The molecule has 0 radical (unpaired) electrons. The van der Waals surface area contributed by atoms with Gasteiger partial charge in [-0.15, -0.1) is 0 Å². The smallest absolute Gasteiger partial charge is 0.0388 e. The Kier molecular flexibility index (Phi) is 8.59. The molecule has 0 aliphatic heterocycles. The van der Waals surface area contributed by atoms with Crippen molar-refractivity contribution in [2.24, 2.45) is 11.8 Å². The molecule has 2 aliphatic rings. The summed E-state index contributed by atoms with van der Waals surface area (Å²) in [5.74, 6) is 2.17. The molecule has 2 unspecified atom stereocenters. The number of hydrogen-bond donors (Lipinski definition) is 0. The molecule has 2 atom stereocenters. The SMILES string of the molecule is C1CCCC1.CC.CCC1CC1C. The summed E-state index contributed by atoms with van der Waals surface area (Å²) in [7, 11) is 0. The summed E-state index contributed by atoms with van der Waals surface area (Å²) in [6.45, 7) is 8.60. The van der Waals surface area contributed by atoms with Gasteiger partial charge in [0.1, 0.15) is 0 Å². The van der Waals surface area contributed by atoms with Gasteiger partial charge in [0.25, 0.3) is 0 Å². The van der Waals surface area contributed by atoms with Crippen LogP contribution in [0.1, 0.15) is 72.6 Å². The van der Waals surface area contributed by atoms with Gasteiger partial charge in [0, 0.05) is 0 Å². The highest BCUT2D eigenvalue weighted by Gasteiger charge is 2.29. The second kappa shape index (κ2) is 8.59. The Labute approximate surface area is 85.1 Å². The van der Waals surface area contributed by atoms with Gasteiger partial charge in [0.05, 0.1) is 0 Å². The van der Waals surface area contributed by atoms with Crippen LogP contribution in [0.2, 0.25) is 0 Å². The molecule has 0 aromatic carbocycles. The highest BCUT2D eigenvalue weighted by molar-refractivity contribution is 4.80. The molecule has 80 valence electrons. The van der Waals surface area contributed by atoms with Crippen LogP contribution >= 0.6 is 0 Å². The molecule has 0 N–H and O–H groups in total. The first kappa shape index (κ1) is 13.0. The minimum absolute atomic E-state index is 1.06. The second-order valence-corrected chi connectivity index (χ2v) is 4.15. The second-order valence-electron chi connectivity index (χ2n) is 4.15. The number of rotatable bonds is 1. The lowest BCUT2D eigenvalue weighted by Crippen LogP contribution is -1.68. The van der Waals surface area contributed by atoms with Crippen LogP contribution in [-0.2, 0) is 0 Å². The van der Waals surface area contributed by atoms with Gasteiger partial charge in [0.2, 0.25) is 0 Å². The van der Waals surface area contributed by atoms with E-state index in [1.54, 1.807) is 0 Å². The maximum Gasteiger partial charge on any atom is -0.0388 e. The Bertz CT molecular complexity index is 82.6. The van der Waals surface area contributed by atoms with Crippen LogP contribution in [0.25, 0.3) is 0 Å². The summed E-state index contributed by atoms with van der Waals surface area (Å²) in [6.07, 6.45) is 10.4. The van der Waals surface area contributed by atoms with Crippen LogP contribution in [0.4, 0.5) is 0 Å². The third-order valence-electron chi connectivity index (χ3n) is 3.05. The van der Waals surface area contributed by atoms with Crippen molar-refractivity contribution in [3.8, 4) is 0 Å². The largest absolute Gasteiger partial charge is 0.0683 e. The molecule has 2 saturated carbocycles. The molecule has 0 heteroatoms. The van der Waals surface area contributed by atoms with Gasteiger partial charge in [-0.05, 0) is 18.3 Å². The van der Waals surface area contributed by atoms with E-state index in [2.05, 4.69) is 13.8 Å². The maximum absolute atomic E-state index is 2.33. The minimum Gasteiger partial charge on any atom is -0.0683 e. The Morgan fingerprint density at radius 3 is 1.31 bits per heavy atom. The van der Waals surface area contributed by atoms with E-state index in [1.165, 1.54) is 44.9 Å². The van der Waals surface area contributed by atoms with E-state index in [4.69, 9.17) is 0 Å². The highest BCUT2D eigenvalue weighted by Crippen LogP contribution is 2.39.